The van der Waals surface area contributed by atoms with E-state index in [2.05, 4.69) is 0 Å². The molecule has 1 N–H and O–H groups in total. The van der Waals surface area contributed by atoms with Gasteiger partial charge in [-0.15, -0.1) is 0 Å². The second-order valence-corrected chi connectivity index (χ2v) is 5.10. The maximum atomic E-state index is 12.0. The van der Waals surface area contributed by atoms with Crippen LogP contribution in [0.1, 0.15) is 18.9 Å². The molecule has 5 heteroatoms. The number of rotatable bonds is 3. The Bertz CT molecular complexity index is 502. The molecular weight excluding hydrogens is 246 g/mol. The van der Waals surface area contributed by atoms with E-state index in [9.17, 15) is 9.90 Å². The zero-order chi connectivity index (χ0) is 13.4. The summed E-state index contributed by atoms with van der Waals surface area (Å²) in [6.45, 7) is 2.85. The predicted octanol–water partition coefficient (Wildman–Crippen LogP) is 1.14. The first-order valence-corrected chi connectivity index (χ1v) is 6.48. The molecule has 1 amide bonds. The normalized spacial score (nSPS) is 25.2. The van der Waals surface area contributed by atoms with Gasteiger partial charge < -0.3 is 19.5 Å². The van der Waals surface area contributed by atoms with E-state index in [0.29, 0.717) is 13.0 Å². The number of hydrogen-bond donors (Lipinski definition) is 1. The summed E-state index contributed by atoms with van der Waals surface area (Å²) in [6.07, 6.45) is 0.433. The van der Waals surface area contributed by atoms with E-state index < -0.39 is 0 Å². The van der Waals surface area contributed by atoms with Gasteiger partial charge in [0.1, 0.15) is 0 Å². The molecule has 0 bridgehead atoms. The van der Waals surface area contributed by atoms with E-state index in [1.54, 1.807) is 0 Å². The highest BCUT2D eigenvalue weighted by molar-refractivity contribution is 5.79. The average molecular weight is 263 g/mol. The third-order valence-corrected chi connectivity index (χ3v) is 3.96. The molecule has 1 aromatic rings. The highest BCUT2D eigenvalue weighted by Crippen LogP contribution is 2.34. The summed E-state index contributed by atoms with van der Waals surface area (Å²) in [5.74, 6) is 1.62. The fourth-order valence-corrected chi connectivity index (χ4v) is 2.68. The van der Waals surface area contributed by atoms with Gasteiger partial charge in [-0.2, -0.15) is 0 Å². The van der Waals surface area contributed by atoms with Crippen molar-refractivity contribution in [2.45, 2.75) is 25.9 Å². The van der Waals surface area contributed by atoms with Crippen molar-refractivity contribution in [3.8, 4) is 11.5 Å². The maximum absolute atomic E-state index is 12.0. The van der Waals surface area contributed by atoms with Crippen LogP contribution < -0.4 is 9.47 Å². The molecule has 2 aliphatic heterocycles. The minimum Gasteiger partial charge on any atom is -0.454 e. The Morgan fingerprint density at radius 3 is 2.89 bits per heavy atom. The second kappa shape index (κ2) is 4.74. The van der Waals surface area contributed by atoms with Crippen LogP contribution in [0.4, 0.5) is 0 Å². The van der Waals surface area contributed by atoms with Crippen molar-refractivity contribution in [1.82, 2.24) is 4.90 Å². The van der Waals surface area contributed by atoms with Gasteiger partial charge in [0.25, 0.3) is 0 Å². The Balaban J connectivity index is 1.76. The molecule has 1 saturated heterocycles. The number of amides is 1. The molecule has 5 nitrogen and oxygen atoms in total. The Labute approximate surface area is 111 Å². The fraction of sp³-hybridized carbons (Fsp3) is 0.500. The SMILES string of the molecule is CC1C(CO)CC(=O)N1Cc1ccc2c(c1)OCO2. The predicted molar refractivity (Wildman–Crippen MR) is 67.8 cm³/mol. The molecule has 0 saturated carbocycles. The van der Waals surface area contributed by atoms with Crippen molar-refractivity contribution in [3.05, 3.63) is 23.8 Å². The summed E-state index contributed by atoms with van der Waals surface area (Å²) in [4.78, 5) is 13.8. The number of benzene rings is 1. The van der Waals surface area contributed by atoms with Crippen LogP contribution in [0, 0.1) is 5.92 Å². The van der Waals surface area contributed by atoms with E-state index in [-0.39, 0.29) is 31.3 Å². The lowest BCUT2D eigenvalue weighted by Gasteiger charge is -2.24. The van der Waals surface area contributed by atoms with Gasteiger partial charge in [-0.1, -0.05) is 6.07 Å². The zero-order valence-corrected chi connectivity index (χ0v) is 10.8. The van der Waals surface area contributed by atoms with Crippen LogP contribution in [0.2, 0.25) is 0 Å². The second-order valence-electron chi connectivity index (χ2n) is 5.10. The Kier molecular flexibility index (Phi) is 3.06. The molecule has 1 aromatic carbocycles. The molecular formula is C14H17NO4. The molecule has 2 aliphatic rings. The van der Waals surface area contributed by atoms with Crippen LogP contribution in [0.5, 0.6) is 11.5 Å². The number of carbonyl (C=O) groups excluding carboxylic acids is 1. The van der Waals surface area contributed by atoms with Gasteiger partial charge in [0.05, 0.1) is 0 Å². The van der Waals surface area contributed by atoms with Crippen molar-refractivity contribution in [1.29, 1.82) is 0 Å². The van der Waals surface area contributed by atoms with Crippen LogP contribution in [-0.2, 0) is 11.3 Å². The third kappa shape index (κ3) is 2.14. The van der Waals surface area contributed by atoms with E-state index >= 15 is 0 Å². The maximum Gasteiger partial charge on any atom is 0.231 e. The molecule has 2 atom stereocenters. The van der Waals surface area contributed by atoms with Crippen molar-refractivity contribution in [2.24, 2.45) is 5.92 Å². The molecule has 19 heavy (non-hydrogen) atoms. The van der Waals surface area contributed by atoms with Gasteiger partial charge in [0, 0.05) is 31.5 Å². The van der Waals surface area contributed by atoms with Gasteiger partial charge in [0.2, 0.25) is 12.7 Å². The molecule has 1 fully saturated rings. The summed E-state index contributed by atoms with van der Waals surface area (Å²) in [6, 6.07) is 5.80. The first-order chi connectivity index (χ1) is 9.19. The molecule has 0 aliphatic carbocycles. The lowest BCUT2D eigenvalue weighted by Crippen LogP contribution is -2.33. The smallest absolute Gasteiger partial charge is 0.231 e. The zero-order valence-electron chi connectivity index (χ0n) is 10.8. The van der Waals surface area contributed by atoms with Crippen molar-refractivity contribution in [3.63, 3.8) is 0 Å². The topological polar surface area (TPSA) is 59.0 Å². The number of nitrogens with zero attached hydrogens (tertiary/aromatic N) is 1. The van der Waals surface area contributed by atoms with E-state index in [1.165, 1.54) is 0 Å². The van der Waals surface area contributed by atoms with Crippen LogP contribution >= 0.6 is 0 Å². The number of aliphatic hydroxyl groups excluding tert-OH is 1. The van der Waals surface area contributed by atoms with Gasteiger partial charge in [-0.3, -0.25) is 4.79 Å². The monoisotopic (exact) mass is 263 g/mol. The molecule has 0 radical (unpaired) electrons. The van der Waals surface area contributed by atoms with E-state index in [0.717, 1.165) is 17.1 Å². The van der Waals surface area contributed by atoms with E-state index in [4.69, 9.17) is 9.47 Å². The Morgan fingerprint density at radius 2 is 2.16 bits per heavy atom. The average Bonchev–Trinajstić information content (AvgIpc) is 2.97. The summed E-state index contributed by atoms with van der Waals surface area (Å²) in [5.41, 5.74) is 1.02. The largest absolute Gasteiger partial charge is 0.454 e. The number of aliphatic hydroxyl groups is 1. The Morgan fingerprint density at radius 1 is 1.37 bits per heavy atom. The first kappa shape index (κ1) is 12.3. The van der Waals surface area contributed by atoms with Crippen molar-refractivity contribution < 1.29 is 19.4 Å². The quantitative estimate of drug-likeness (QED) is 0.888. The minimum absolute atomic E-state index is 0.0431. The lowest BCUT2D eigenvalue weighted by molar-refractivity contribution is -0.129. The molecule has 2 heterocycles. The molecule has 2 unspecified atom stereocenters. The third-order valence-electron chi connectivity index (χ3n) is 3.96. The molecule has 102 valence electrons. The van der Waals surface area contributed by atoms with Crippen LogP contribution in [0.3, 0.4) is 0 Å². The number of carbonyl (C=O) groups is 1. The van der Waals surface area contributed by atoms with Gasteiger partial charge in [-0.25, -0.2) is 0 Å². The van der Waals surface area contributed by atoms with Crippen molar-refractivity contribution >= 4 is 5.91 Å². The van der Waals surface area contributed by atoms with Gasteiger partial charge in [-0.05, 0) is 24.6 Å². The van der Waals surface area contributed by atoms with Crippen LogP contribution in [0.15, 0.2) is 18.2 Å². The number of ether oxygens (including phenoxy) is 2. The van der Waals surface area contributed by atoms with Crippen molar-refractivity contribution in [2.75, 3.05) is 13.4 Å². The van der Waals surface area contributed by atoms with Gasteiger partial charge >= 0.3 is 0 Å². The summed E-state index contributed by atoms with van der Waals surface area (Å²) >= 11 is 0. The summed E-state index contributed by atoms with van der Waals surface area (Å²) < 4.78 is 10.6. The van der Waals surface area contributed by atoms with Crippen LogP contribution in [0.25, 0.3) is 0 Å². The minimum atomic E-state index is 0.0431. The number of hydrogen-bond acceptors (Lipinski definition) is 4. The number of likely N-dealkylation sites (tertiary alicyclic amines) is 1. The van der Waals surface area contributed by atoms with E-state index in [1.807, 2.05) is 30.0 Å². The highest BCUT2D eigenvalue weighted by atomic mass is 16.7. The highest BCUT2D eigenvalue weighted by Gasteiger charge is 2.36. The summed E-state index contributed by atoms with van der Waals surface area (Å²) in [5, 5.41) is 9.25. The first-order valence-electron chi connectivity index (χ1n) is 6.48. The lowest BCUT2D eigenvalue weighted by atomic mass is 10.0. The molecule has 0 aromatic heterocycles. The fourth-order valence-electron chi connectivity index (χ4n) is 2.68. The summed E-state index contributed by atoms with van der Waals surface area (Å²) in [7, 11) is 0. The molecule has 3 rings (SSSR count). The van der Waals surface area contributed by atoms with Gasteiger partial charge in [0.15, 0.2) is 11.5 Å². The standard InChI is InChI=1S/C14H17NO4/c1-9-11(7-16)5-14(17)15(9)6-10-2-3-12-13(4-10)19-8-18-12/h2-4,9,11,16H,5-8H2,1H3. The Hall–Kier alpha value is -1.75. The number of fused-ring (bicyclic) bond motifs is 1. The molecule has 0 spiro atoms. The van der Waals surface area contributed by atoms with Crippen LogP contribution in [-0.4, -0.2) is 35.4 Å².